The Hall–Kier alpha value is -3.24. The number of nitriles is 1. The molecule has 0 saturated heterocycles. The van der Waals surface area contributed by atoms with Gasteiger partial charge in [0.25, 0.3) is 0 Å². The molecule has 39 heavy (non-hydrogen) atoms. The number of carbonyl (C=O) groups excluding carboxylic acids is 1. The summed E-state index contributed by atoms with van der Waals surface area (Å²) in [6.07, 6.45) is 1.78. The summed E-state index contributed by atoms with van der Waals surface area (Å²) < 4.78 is 7.01. The highest BCUT2D eigenvalue weighted by atomic mass is 79.9. The van der Waals surface area contributed by atoms with Gasteiger partial charge in [0.15, 0.2) is 5.78 Å². The monoisotopic (exact) mass is 621 g/mol. The number of Topliss-reactive ketones (excluding diaryl/α,β-unsaturated/α-hetero) is 1. The molecule has 1 heterocycles. The number of carbonyl (C=O) groups is 1. The van der Waals surface area contributed by atoms with E-state index in [0.717, 1.165) is 38.2 Å². The summed E-state index contributed by atoms with van der Waals surface area (Å²) in [4.78, 5) is 15.4. The molecule has 0 spiro atoms. The third-order valence-electron chi connectivity index (χ3n) is 7.31. The van der Waals surface area contributed by atoms with E-state index in [2.05, 4.69) is 28.1 Å². The average Bonchev–Trinajstić information content (AvgIpc) is 2.91. The number of halogens is 3. The van der Waals surface area contributed by atoms with Crippen LogP contribution in [-0.4, -0.2) is 5.78 Å². The molecule has 1 aliphatic heterocycles. The molecular weight excluding hydrogens is 597 g/mol. The van der Waals surface area contributed by atoms with E-state index >= 15 is 0 Å². The van der Waals surface area contributed by atoms with E-state index in [1.54, 1.807) is 23.1 Å². The van der Waals surface area contributed by atoms with Crippen molar-refractivity contribution < 1.29 is 9.53 Å². The normalized spacial score (nSPS) is 17.3. The minimum Gasteiger partial charge on any atom is -0.488 e. The summed E-state index contributed by atoms with van der Waals surface area (Å²) in [6.45, 7) is 4.36. The molecule has 1 unspecified atom stereocenters. The van der Waals surface area contributed by atoms with Crippen molar-refractivity contribution in [2.24, 2.45) is 5.73 Å². The highest BCUT2D eigenvalue weighted by Gasteiger charge is 2.41. The minimum absolute atomic E-state index is 0.0264. The zero-order valence-electron chi connectivity index (χ0n) is 21.5. The number of ether oxygens (including phenoxy) is 1. The van der Waals surface area contributed by atoms with Crippen molar-refractivity contribution in [3.05, 3.63) is 114 Å². The summed E-state index contributed by atoms with van der Waals surface area (Å²) in [5.74, 6) is 0.489. The zero-order chi connectivity index (χ0) is 27.8. The number of nitrogens with zero attached hydrogens (tertiary/aromatic N) is 2. The summed E-state index contributed by atoms with van der Waals surface area (Å²) in [5.41, 5.74) is 13.0. The molecule has 0 amide bonds. The molecule has 5 rings (SSSR count). The first kappa shape index (κ1) is 27.3. The van der Waals surface area contributed by atoms with Crippen LogP contribution in [0.15, 0.2) is 81.7 Å². The number of hydrogen-bond donors (Lipinski definition) is 1. The quantitative estimate of drug-likeness (QED) is 0.310. The number of allylic oxidation sites excluding steroid dienone is 3. The SMILES string of the molecule is Cc1cc(COc2ccccc2Br)c(C)c(C2C(C#N)=C(N)N(c3ccc(Cl)c(Cl)c3)C3=C2C(=O)CCC3)c1. The van der Waals surface area contributed by atoms with Gasteiger partial charge in [0.05, 0.1) is 32.1 Å². The molecule has 0 fully saturated rings. The Morgan fingerprint density at radius 3 is 2.59 bits per heavy atom. The van der Waals surface area contributed by atoms with Crippen LogP contribution in [0.5, 0.6) is 5.75 Å². The third-order valence-corrected chi connectivity index (χ3v) is 8.70. The molecule has 198 valence electrons. The van der Waals surface area contributed by atoms with Gasteiger partial charge < -0.3 is 10.5 Å². The molecular formula is C31H26BrCl2N3O2. The maximum Gasteiger partial charge on any atom is 0.161 e. The molecule has 0 bridgehead atoms. The number of para-hydroxylation sites is 1. The number of ketones is 1. The van der Waals surface area contributed by atoms with Crippen LogP contribution in [0.2, 0.25) is 10.0 Å². The van der Waals surface area contributed by atoms with Crippen molar-refractivity contribution in [3.63, 3.8) is 0 Å². The van der Waals surface area contributed by atoms with Gasteiger partial charge in [-0.15, -0.1) is 0 Å². The van der Waals surface area contributed by atoms with E-state index < -0.39 is 5.92 Å². The molecule has 0 radical (unpaired) electrons. The molecule has 2 aliphatic rings. The van der Waals surface area contributed by atoms with Crippen molar-refractivity contribution in [1.82, 2.24) is 0 Å². The summed E-state index contributed by atoms with van der Waals surface area (Å²) in [6, 6.07) is 19.4. The molecule has 2 N–H and O–H groups in total. The smallest absolute Gasteiger partial charge is 0.161 e. The largest absolute Gasteiger partial charge is 0.488 e. The van der Waals surface area contributed by atoms with Crippen LogP contribution >= 0.6 is 39.1 Å². The minimum atomic E-state index is -0.570. The number of benzene rings is 3. The van der Waals surface area contributed by atoms with Gasteiger partial charge in [-0.25, -0.2) is 0 Å². The fourth-order valence-corrected chi connectivity index (χ4v) is 6.14. The zero-order valence-corrected chi connectivity index (χ0v) is 24.6. The van der Waals surface area contributed by atoms with E-state index in [4.69, 9.17) is 33.7 Å². The van der Waals surface area contributed by atoms with Crippen LogP contribution in [0, 0.1) is 25.2 Å². The molecule has 0 saturated carbocycles. The Kier molecular flexibility index (Phi) is 7.77. The van der Waals surface area contributed by atoms with Crippen LogP contribution in [0.3, 0.4) is 0 Å². The number of aryl methyl sites for hydroxylation is 1. The Balaban J connectivity index is 1.65. The van der Waals surface area contributed by atoms with Crippen LogP contribution in [0.25, 0.3) is 0 Å². The second-order valence-corrected chi connectivity index (χ2v) is 11.4. The second kappa shape index (κ2) is 11.1. The van der Waals surface area contributed by atoms with Crippen molar-refractivity contribution in [3.8, 4) is 11.8 Å². The van der Waals surface area contributed by atoms with Gasteiger partial charge in [-0.2, -0.15) is 5.26 Å². The first-order valence-corrected chi connectivity index (χ1v) is 14.1. The number of hydrogen-bond acceptors (Lipinski definition) is 5. The number of anilines is 1. The molecule has 8 heteroatoms. The lowest BCUT2D eigenvalue weighted by atomic mass is 9.73. The molecule has 1 aliphatic carbocycles. The number of nitrogens with two attached hydrogens (primary N) is 1. The van der Waals surface area contributed by atoms with E-state index in [1.165, 1.54) is 0 Å². The van der Waals surface area contributed by atoms with E-state index in [-0.39, 0.29) is 5.78 Å². The highest BCUT2D eigenvalue weighted by molar-refractivity contribution is 9.10. The van der Waals surface area contributed by atoms with Gasteiger partial charge >= 0.3 is 0 Å². The summed E-state index contributed by atoms with van der Waals surface area (Å²) in [7, 11) is 0. The Morgan fingerprint density at radius 2 is 1.87 bits per heavy atom. The molecule has 1 atom stereocenters. The van der Waals surface area contributed by atoms with Crippen LogP contribution < -0.4 is 15.4 Å². The predicted octanol–water partition coefficient (Wildman–Crippen LogP) is 8.26. The van der Waals surface area contributed by atoms with Crippen molar-refractivity contribution >= 4 is 50.6 Å². The van der Waals surface area contributed by atoms with E-state index in [0.29, 0.717) is 58.6 Å². The maximum atomic E-state index is 13.6. The fourth-order valence-electron chi connectivity index (χ4n) is 5.45. The molecule has 3 aromatic rings. The summed E-state index contributed by atoms with van der Waals surface area (Å²) in [5, 5.41) is 11.2. The van der Waals surface area contributed by atoms with E-state index in [9.17, 15) is 10.1 Å². The molecule has 0 aromatic heterocycles. The van der Waals surface area contributed by atoms with Gasteiger partial charge in [0, 0.05) is 23.4 Å². The lowest BCUT2D eigenvalue weighted by Gasteiger charge is -2.40. The Labute approximate surface area is 246 Å². The third kappa shape index (κ3) is 5.07. The summed E-state index contributed by atoms with van der Waals surface area (Å²) >= 11 is 16.0. The lowest BCUT2D eigenvalue weighted by Crippen LogP contribution is -2.39. The molecule has 5 nitrogen and oxygen atoms in total. The lowest BCUT2D eigenvalue weighted by molar-refractivity contribution is -0.116. The van der Waals surface area contributed by atoms with Gasteiger partial charge in [0.1, 0.15) is 18.2 Å². The Bertz CT molecular complexity index is 1610. The molecule has 3 aromatic carbocycles. The van der Waals surface area contributed by atoms with Gasteiger partial charge in [0.2, 0.25) is 0 Å². The van der Waals surface area contributed by atoms with Crippen molar-refractivity contribution in [2.45, 2.75) is 45.6 Å². The first-order chi connectivity index (χ1) is 18.7. The van der Waals surface area contributed by atoms with Crippen LogP contribution in [0.1, 0.15) is 47.4 Å². The van der Waals surface area contributed by atoms with Crippen molar-refractivity contribution in [1.29, 1.82) is 5.26 Å². The maximum absolute atomic E-state index is 13.6. The van der Waals surface area contributed by atoms with Crippen LogP contribution in [0.4, 0.5) is 5.69 Å². The topological polar surface area (TPSA) is 79.3 Å². The van der Waals surface area contributed by atoms with Gasteiger partial charge in [-0.3, -0.25) is 9.69 Å². The average molecular weight is 623 g/mol. The number of rotatable bonds is 5. The Morgan fingerprint density at radius 1 is 1.10 bits per heavy atom. The van der Waals surface area contributed by atoms with Gasteiger partial charge in [-0.05, 0) is 89.6 Å². The highest BCUT2D eigenvalue weighted by Crippen LogP contribution is 2.48. The second-order valence-electron chi connectivity index (χ2n) is 9.77. The predicted molar refractivity (Wildman–Crippen MR) is 159 cm³/mol. The van der Waals surface area contributed by atoms with Crippen LogP contribution in [-0.2, 0) is 11.4 Å². The first-order valence-electron chi connectivity index (χ1n) is 12.6. The van der Waals surface area contributed by atoms with Gasteiger partial charge in [-0.1, -0.05) is 53.0 Å². The fraction of sp³-hybridized carbons (Fsp3) is 0.226. The standard InChI is InChI=1S/C31H26BrCl2N3O2/c1-17-12-19(16-39-28-9-4-3-6-23(28)32)18(2)21(13-17)29-22(15-35)31(36)37(20-10-11-24(33)25(34)14-20)26-7-5-8-27(38)30(26)29/h3-4,6,9-14,29H,5,7-8,16,36H2,1-2H3. The van der Waals surface area contributed by atoms with E-state index in [1.807, 2.05) is 44.2 Å². The van der Waals surface area contributed by atoms with Crippen molar-refractivity contribution in [2.75, 3.05) is 4.90 Å².